The molecule has 1 aromatic heterocycles. The lowest BCUT2D eigenvalue weighted by Gasteiger charge is -2.08. The fourth-order valence-corrected chi connectivity index (χ4v) is 4.08. The molecule has 0 atom stereocenters. The molecule has 26 heavy (non-hydrogen) atoms. The summed E-state index contributed by atoms with van der Waals surface area (Å²) in [7, 11) is -3.70. The number of nitrogens with zero attached hydrogens (tertiary/aromatic N) is 2. The van der Waals surface area contributed by atoms with Gasteiger partial charge in [0.2, 0.25) is 21.7 Å². The molecule has 0 saturated heterocycles. The zero-order chi connectivity index (χ0) is 18.7. The summed E-state index contributed by atoms with van der Waals surface area (Å²) < 4.78 is 32.0. The van der Waals surface area contributed by atoms with E-state index in [1.165, 1.54) is 0 Å². The summed E-state index contributed by atoms with van der Waals surface area (Å²) in [4.78, 5) is 4.16. The fraction of sp³-hybridized carbons (Fsp3) is 0.125. The van der Waals surface area contributed by atoms with Gasteiger partial charge in [0.25, 0.3) is 0 Å². The second-order valence-electron chi connectivity index (χ2n) is 5.30. The van der Waals surface area contributed by atoms with E-state index >= 15 is 0 Å². The van der Waals surface area contributed by atoms with Crippen LogP contribution in [0.4, 0.5) is 0 Å². The highest BCUT2D eigenvalue weighted by Gasteiger charge is 2.18. The minimum atomic E-state index is -3.70. The van der Waals surface area contributed by atoms with Crippen molar-refractivity contribution in [3.8, 4) is 11.4 Å². The van der Waals surface area contributed by atoms with Crippen LogP contribution < -0.4 is 4.72 Å². The van der Waals surface area contributed by atoms with Gasteiger partial charge in [-0.05, 0) is 36.4 Å². The highest BCUT2D eigenvalue weighted by atomic mass is 35.5. The molecule has 0 amide bonds. The molecule has 0 bridgehead atoms. The Morgan fingerprint density at radius 3 is 2.31 bits per heavy atom. The lowest BCUT2D eigenvalue weighted by atomic mass is 10.2. The first-order chi connectivity index (χ1) is 12.3. The fourth-order valence-electron chi connectivity index (χ4n) is 2.13. The average molecular weight is 433 g/mol. The smallest absolute Gasteiger partial charge is 0.242 e. The van der Waals surface area contributed by atoms with E-state index in [1.807, 2.05) is 0 Å². The van der Waals surface area contributed by atoms with Gasteiger partial charge in [0.1, 0.15) is 0 Å². The van der Waals surface area contributed by atoms with Gasteiger partial charge in [0, 0.05) is 26.2 Å². The molecule has 10 heteroatoms. The summed E-state index contributed by atoms with van der Waals surface area (Å²) in [6, 6.07) is 11.7. The van der Waals surface area contributed by atoms with Gasteiger partial charge >= 0.3 is 0 Å². The van der Waals surface area contributed by atoms with Crippen LogP contribution in [0, 0.1) is 0 Å². The Morgan fingerprint density at radius 2 is 1.65 bits per heavy atom. The predicted molar refractivity (Wildman–Crippen MR) is 101 cm³/mol. The predicted octanol–water partition coefficient (Wildman–Crippen LogP) is 4.32. The van der Waals surface area contributed by atoms with E-state index in [0.717, 1.165) is 0 Å². The maximum absolute atomic E-state index is 12.3. The van der Waals surface area contributed by atoms with Gasteiger partial charge in [0.05, 0.1) is 12.3 Å². The molecule has 2 aromatic carbocycles. The number of hydrogen-bond acceptors (Lipinski definition) is 5. The Morgan fingerprint density at radius 1 is 1.00 bits per heavy atom. The first-order valence-corrected chi connectivity index (χ1v) is 10.1. The maximum atomic E-state index is 12.3. The molecule has 0 unspecified atom stereocenters. The first kappa shape index (κ1) is 19.1. The van der Waals surface area contributed by atoms with Crippen LogP contribution in [0.5, 0.6) is 0 Å². The van der Waals surface area contributed by atoms with Crippen molar-refractivity contribution in [3.05, 3.63) is 69.0 Å². The molecule has 136 valence electrons. The maximum Gasteiger partial charge on any atom is 0.242 e. The standard InChI is InChI=1S/C16H12Cl3N3O3S/c17-11-6-4-10(5-7-11)16-21-15(25-22-16)8-20-26(23,24)9-12-13(18)2-1-3-14(12)19/h1-7,20H,8-9H2. The van der Waals surface area contributed by atoms with E-state index in [0.29, 0.717) is 22.0 Å². The van der Waals surface area contributed by atoms with Crippen molar-refractivity contribution in [3.63, 3.8) is 0 Å². The second kappa shape index (κ2) is 7.94. The third kappa shape index (κ3) is 4.75. The number of halogens is 3. The van der Waals surface area contributed by atoms with Crippen molar-refractivity contribution in [2.75, 3.05) is 0 Å². The van der Waals surface area contributed by atoms with E-state index in [-0.39, 0.29) is 28.2 Å². The van der Waals surface area contributed by atoms with Crippen molar-refractivity contribution in [2.45, 2.75) is 12.3 Å². The molecule has 3 aromatic rings. The van der Waals surface area contributed by atoms with Crippen LogP contribution in [0.15, 0.2) is 47.0 Å². The molecular formula is C16H12Cl3N3O3S. The minimum absolute atomic E-state index is 0.129. The van der Waals surface area contributed by atoms with E-state index in [9.17, 15) is 8.42 Å². The average Bonchev–Trinajstić information content (AvgIpc) is 3.06. The summed E-state index contributed by atoms with van der Waals surface area (Å²) >= 11 is 17.8. The Labute approximate surface area is 165 Å². The number of rotatable bonds is 6. The van der Waals surface area contributed by atoms with Crippen LogP contribution in [-0.2, 0) is 22.3 Å². The lowest BCUT2D eigenvalue weighted by Crippen LogP contribution is -2.25. The zero-order valence-corrected chi connectivity index (χ0v) is 16.2. The lowest BCUT2D eigenvalue weighted by molar-refractivity contribution is 0.376. The van der Waals surface area contributed by atoms with Gasteiger partial charge in [-0.25, -0.2) is 13.1 Å². The molecule has 3 rings (SSSR count). The third-order valence-electron chi connectivity index (χ3n) is 3.41. The van der Waals surface area contributed by atoms with E-state index in [1.54, 1.807) is 42.5 Å². The molecule has 1 N–H and O–H groups in total. The molecule has 0 aliphatic heterocycles. The summed E-state index contributed by atoms with van der Waals surface area (Å²) in [5, 5.41) is 4.98. The van der Waals surface area contributed by atoms with E-state index in [4.69, 9.17) is 39.3 Å². The van der Waals surface area contributed by atoms with E-state index in [2.05, 4.69) is 14.9 Å². The summed E-state index contributed by atoms with van der Waals surface area (Å²) in [5.74, 6) is 0.109. The van der Waals surface area contributed by atoms with Gasteiger partial charge in [-0.3, -0.25) is 0 Å². The first-order valence-electron chi connectivity index (χ1n) is 7.33. The molecule has 0 aliphatic rings. The Hall–Kier alpha value is -1.64. The van der Waals surface area contributed by atoms with Crippen molar-refractivity contribution in [2.24, 2.45) is 0 Å². The number of benzene rings is 2. The molecule has 0 aliphatic carbocycles. The summed E-state index contributed by atoms with van der Waals surface area (Å²) in [6.07, 6.45) is 0. The Bertz CT molecular complexity index is 1000. The normalized spacial score (nSPS) is 11.7. The third-order valence-corrected chi connectivity index (χ3v) is 5.62. The van der Waals surface area contributed by atoms with Crippen LogP contribution in [0.1, 0.15) is 11.5 Å². The number of hydrogen-bond donors (Lipinski definition) is 1. The van der Waals surface area contributed by atoms with Crippen molar-refractivity contribution >= 4 is 44.8 Å². The highest BCUT2D eigenvalue weighted by molar-refractivity contribution is 7.88. The van der Waals surface area contributed by atoms with Crippen LogP contribution >= 0.6 is 34.8 Å². The minimum Gasteiger partial charge on any atom is -0.338 e. The molecule has 0 fully saturated rings. The quantitative estimate of drug-likeness (QED) is 0.627. The van der Waals surface area contributed by atoms with Crippen LogP contribution in [0.2, 0.25) is 15.1 Å². The molecular weight excluding hydrogens is 421 g/mol. The van der Waals surface area contributed by atoms with Gasteiger partial charge in [0.15, 0.2) is 0 Å². The molecule has 0 radical (unpaired) electrons. The van der Waals surface area contributed by atoms with Gasteiger partial charge in [-0.1, -0.05) is 46.0 Å². The molecule has 6 nitrogen and oxygen atoms in total. The largest absolute Gasteiger partial charge is 0.338 e. The number of sulfonamides is 1. The molecule has 0 spiro atoms. The van der Waals surface area contributed by atoms with Gasteiger partial charge in [-0.15, -0.1) is 0 Å². The number of aromatic nitrogens is 2. The molecule has 0 saturated carbocycles. The Kier molecular flexibility index (Phi) is 5.84. The van der Waals surface area contributed by atoms with Crippen LogP contribution in [0.25, 0.3) is 11.4 Å². The van der Waals surface area contributed by atoms with Gasteiger partial charge in [-0.2, -0.15) is 4.98 Å². The van der Waals surface area contributed by atoms with Crippen molar-refractivity contribution in [1.29, 1.82) is 0 Å². The topological polar surface area (TPSA) is 85.1 Å². The second-order valence-corrected chi connectivity index (χ2v) is 8.36. The van der Waals surface area contributed by atoms with Crippen LogP contribution in [0.3, 0.4) is 0 Å². The van der Waals surface area contributed by atoms with Crippen molar-refractivity contribution in [1.82, 2.24) is 14.9 Å². The summed E-state index contributed by atoms with van der Waals surface area (Å²) in [6.45, 7) is -0.148. The van der Waals surface area contributed by atoms with Gasteiger partial charge < -0.3 is 4.52 Å². The highest BCUT2D eigenvalue weighted by Crippen LogP contribution is 2.26. The zero-order valence-electron chi connectivity index (χ0n) is 13.1. The Balaban J connectivity index is 1.68. The monoisotopic (exact) mass is 431 g/mol. The summed E-state index contributed by atoms with van der Waals surface area (Å²) in [5.41, 5.74) is 1.03. The van der Waals surface area contributed by atoms with Crippen LogP contribution in [-0.4, -0.2) is 18.6 Å². The van der Waals surface area contributed by atoms with E-state index < -0.39 is 10.0 Å². The SMILES string of the molecule is O=S(=O)(Cc1c(Cl)cccc1Cl)NCc1nc(-c2ccc(Cl)cc2)no1. The number of nitrogens with one attached hydrogen (secondary N) is 1. The van der Waals surface area contributed by atoms with Crippen molar-refractivity contribution < 1.29 is 12.9 Å². The molecule has 1 heterocycles.